The van der Waals surface area contributed by atoms with Gasteiger partial charge >= 0.3 is 0 Å². The van der Waals surface area contributed by atoms with E-state index in [9.17, 15) is 58.4 Å². The van der Waals surface area contributed by atoms with Crippen molar-refractivity contribution in [3.63, 3.8) is 0 Å². The molecule has 0 spiro atoms. The normalized spacial score (nSPS) is 16.9. The Balaban J connectivity index is 1.54. The lowest BCUT2D eigenvalue weighted by molar-refractivity contribution is -0.137. The van der Waals surface area contributed by atoms with Gasteiger partial charge in [-0.2, -0.15) is 25.3 Å². The molecule has 0 fully saturated rings. The summed E-state index contributed by atoms with van der Waals surface area (Å²) in [4.78, 5) is 40.8. The van der Waals surface area contributed by atoms with Gasteiger partial charge in [0, 0.05) is 92.5 Å². The van der Waals surface area contributed by atoms with Crippen LogP contribution >= 0.6 is 0 Å². The van der Waals surface area contributed by atoms with Crippen molar-refractivity contribution in [1.82, 2.24) is 10.2 Å². The van der Waals surface area contributed by atoms with Crippen LogP contribution in [0.3, 0.4) is 0 Å². The molecule has 2 aliphatic heterocycles. The summed E-state index contributed by atoms with van der Waals surface area (Å²) >= 11 is 0. The first-order valence-corrected chi connectivity index (χ1v) is 29.9. The van der Waals surface area contributed by atoms with Gasteiger partial charge in [0.2, 0.25) is 5.91 Å². The predicted octanol–water partition coefficient (Wildman–Crippen LogP) is 5.73. The van der Waals surface area contributed by atoms with E-state index in [1.165, 1.54) is 24.3 Å². The van der Waals surface area contributed by atoms with E-state index in [2.05, 4.69) is 5.32 Å². The Hall–Kier alpha value is -5.02. The van der Waals surface area contributed by atoms with Crippen LogP contribution in [0.2, 0.25) is 0 Å². The van der Waals surface area contributed by atoms with Gasteiger partial charge in [-0.05, 0) is 98.4 Å². The number of anilines is 2. The van der Waals surface area contributed by atoms with Crippen LogP contribution in [0.1, 0.15) is 90.2 Å². The fraction of sp³-hybridized carbons (Fsp3) is 0.558. The van der Waals surface area contributed by atoms with E-state index >= 15 is 0 Å². The molecule has 2 heterocycles. The molecule has 2 aliphatic rings. The number of rotatable bonds is 35. The number of hydrogen-bond donors (Lipinski definition) is 5. The minimum atomic E-state index is -4.63. The number of ether oxygens (including phenoxy) is 4. The Morgan fingerprint density at radius 3 is 2.00 bits per heavy atom. The minimum absolute atomic E-state index is 0.0119. The molecular weight excluding hydrogens is 1050 g/mol. The fourth-order valence-electron chi connectivity index (χ4n) is 8.94. The average molecular weight is 1130 g/mol. The van der Waals surface area contributed by atoms with Crippen molar-refractivity contribution in [3.05, 3.63) is 89.7 Å². The summed E-state index contributed by atoms with van der Waals surface area (Å²) in [5, 5.41) is 14.3. The summed E-state index contributed by atoms with van der Waals surface area (Å²) in [5.74, 6) is -2.10. The van der Waals surface area contributed by atoms with Crippen LogP contribution < -0.4 is 15.1 Å². The summed E-state index contributed by atoms with van der Waals surface area (Å²) in [6.45, 7) is 11.8. The second-order valence-electron chi connectivity index (χ2n) is 19.6. The molecule has 0 aliphatic carbocycles. The summed E-state index contributed by atoms with van der Waals surface area (Å²) in [6.07, 6.45) is 12.5. The number of fused-ring (bicyclic) bond motifs is 1. The second kappa shape index (κ2) is 29.6. The van der Waals surface area contributed by atoms with Crippen LogP contribution in [0.15, 0.2) is 83.4 Å². The summed E-state index contributed by atoms with van der Waals surface area (Å²) in [6, 6.07) is 9.50. The number of phenolic OH excluding ortho intramolecular Hbond substituents is 1. The van der Waals surface area contributed by atoms with Crippen LogP contribution in [0, 0.1) is 5.41 Å². The maximum Gasteiger partial charge on any atom is 0.294 e. The Morgan fingerprint density at radius 2 is 1.39 bits per heavy atom. The third kappa shape index (κ3) is 20.7. The Kier molecular flexibility index (Phi) is 24.8. The third-order valence-corrected chi connectivity index (χ3v) is 15.2. The monoisotopic (exact) mass is 1120 g/mol. The van der Waals surface area contributed by atoms with Crippen molar-refractivity contribution in [1.29, 1.82) is 0 Å². The van der Waals surface area contributed by atoms with Gasteiger partial charge in [-0.15, -0.1) is 0 Å². The van der Waals surface area contributed by atoms with Gasteiger partial charge < -0.3 is 39.2 Å². The molecule has 2 aromatic carbocycles. The predicted molar refractivity (Wildman–Crippen MR) is 289 cm³/mol. The number of aromatic hydroxyl groups is 1. The highest BCUT2D eigenvalue weighted by molar-refractivity contribution is 7.86. The highest BCUT2D eigenvalue weighted by Gasteiger charge is 2.43. The van der Waals surface area contributed by atoms with E-state index < -0.39 is 64.5 Å². The zero-order chi connectivity index (χ0) is 56.2. The largest absolute Gasteiger partial charge is 0.507 e. The van der Waals surface area contributed by atoms with Gasteiger partial charge in [0.25, 0.3) is 42.2 Å². The van der Waals surface area contributed by atoms with Gasteiger partial charge in [-0.3, -0.25) is 32.9 Å². The van der Waals surface area contributed by atoms with Crippen molar-refractivity contribution >= 4 is 65.0 Å². The number of phenols is 1. The highest BCUT2D eigenvalue weighted by Crippen LogP contribution is 2.51. The fourth-order valence-corrected chi connectivity index (χ4v) is 10.4. The van der Waals surface area contributed by atoms with Gasteiger partial charge in [-0.1, -0.05) is 45.4 Å². The zero-order valence-electron chi connectivity index (χ0n) is 44.1. The van der Waals surface area contributed by atoms with Crippen molar-refractivity contribution in [2.24, 2.45) is 5.41 Å². The van der Waals surface area contributed by atoms with E-state index in [4.69, 9.17) is 18.9 Å². The first-order chi connectivity index (χ1) is 35.7. The Morgan fingerprint density at radius 1 is 0.763 bits per heavy atom. The lowest BCUT2D eigenvalue weighted by atomic mass is 9.77. The van der Waals surface area contributed by atoms with Gasteiger partial charge in [-0.25, -0.2) is 0 Å². The first kappa shape index (κ1) is 63.5. The van der Waals surface area contributed by atoms with E-state index in [-0.39, 0.29) is 68.5 Å². The van der Waals surface area contributed by atoms with Crippen molar-refractivity contribution < 1.29 is 77.3 Å². The molecule has 4 rings (SSSR count). The average Bonchev–Trinajstić information content (AvgIpc) is 3.76. The van der Waals surface area contributed by atoms with Crippen LogP contribution in [-0.4, -0.2) is 164 Å². The number of unbranched alkanes of at least 4 members (excludes halogenated alkanes) is 2. The standard InChI is InChI=1S/C52H76N4O17S3/c1-51(2,3)43(42-19-17-40(38-46(42)57)54(25-13-37-75(64,65)66)28-29-71-32-33-73-35-34-72-31-30-70-5)14-8-6-9-15-47-52(4,23-12-36-74(61,62)63)44-39-41(76(67,68)69)18-20-45(44)55(47)26-11-7-10-16-48(58)53-24-27-56-49(59)21-22-50(56)60/h6,9,14-15,17-22,38-39,57H,7-8,10-13,16,23-37H2,1-5H3,(H,53,58)(H,61,62,63)(H,64,65,66)(H,67,68,69)/b9-6+,43-14+,47-15+. The number of benzene rings is 2. The summed E-state index contributed by atoms with van der Waals surface area (Å²) in [7, 11) is -11.6. The number of allylic oxidation sites excluding steroid dienone is 6. The number of nitrogens with one attached hydrogen (secondary N) is 1. The van der Waals surface area contributed by atoms with E-state index in [1.54, 1.807) is 25.3 Å². The van der Waals surface area contributed by atoms with E-state index in [1.807, 2.05) is 67.9 Å². The smallest absolute Gasteiger partial charge is 0.294 e. The molecule has 1 atom stereocenters. The number of hydrogen-bond acceptors (Lipinski definition) is 16. The van der Waals surface area contributed by atoms with Crippen LogP contribution in [0.4, 0.5) is 11.4 Å². The number of amides is 3. The summed E-state index contributed by atoms with van der Waals surface area (Å²) in [5.41, 5.74) is 2.42. The van der Waals surface area contributed by atoms with Crippen LogP contribution in [0.5, 0.6) is 5.75 Å². The molecule has 0 radical (unpaired) electrons. The SMILES string of the molecule is COCCOCCOCCOCCN(CCCS(=O)(=O)O)c1ccc(/C(=C\C/C=C/C=C2/N(CCCCCC(=O)NCCN3C(=O)C=CC3=O)c3ccc(S(=O)(=O)O)cc3C2(C)CCCS(=O)(=O)O)C(C)(C)C)c(O)c1. The zero-order valence-corrected chi connectivity index (χ0v) is 46.6. The second-order valence-corrected chi connectivity index (χ2v) is 24.2. The van der Waals surface area contributed by atoms with E-state index in [0.29, 0.717) is 107 Å². The molecule has 0 saturated carbocycles. The van der Waals surface area contributed by atoms with Crippen molar-refractivity contribution in [2.75, 3.05) is 107 Å². The highest BCUT2D eigenvalue weighted by atomic mass is 32.2. The molecule has 424 valence electrons. The van der Waals surface area contributed by atoms with Gasteiger partial charge in [0.1, 0.15) is 5.75 Å². The lowest BCUT2D eigenvalue weighted by Crippen LogP contribution is -2.38. The van der Waals surface area contributed by atoms with Gasteiger partial charge in [0.15, 0.2) is 0 Å². The topological polar surface area (TPSA) is 293 Å². The Bertz CT molecular complexity index is 2740. The molecule has 0 bridgehead atoms. The van der Waals surface area contributed by atoms with E-state index in [0.717, 1.165) is 10.5 Å². The number of carbonyl (C=O) groups is 3. The molecule has 3 amide bonds. The Labute approximate surface area is 448 Å². The molecule has 5 N–H and O–H groups in total. The van der Waals surface area contributed by atoms with Crippen LogP contribution in [-0.2, 0) is 69.1 Å². The number of nitrogens with zero attached hydrogens (tertiary/aromatic N) is 3. The number of carbonyl (C=O) groups excluding carboxylic acids is 3. The molecule has 21 nitrogen and oxygen atoms in total. The number of imide groups is 1. The van der Waals surface area contributed by atoms with Crippen molar-refractivity contribution in [3.8, 4) is 5.75 Å². The van der Waals surface area contributed by atoms with Crippen LogP contribution in [0.25, 0.3) is 5.57 Å². The third-order valence-electron chi connectivity index (χ3n) is 12.7. The summed E-state index contributed by atoms with van der Waals surface area (Å²) < 4.78 is 122. The maximum atomic E-state index is 12.6. The minimum Gasteiger partial charge on any atom is -0.507 e. The molecule has 0 saturated heterocycles. The maximum absolute atomic E-state index is 12.6. The molecular formula is C52H76N4O17S3. The molecule has 2 aromatic rings. The van der Waals surface area contributed by atoms with Gasteiger partial charge in [0.05, 0.1) is 62.6 Å². The van der Waals surface area contributed by atoms with Crippen molar-refractivity contribution in [2.45, 2.75) is 89.4 Å². The molecule has 76 heavy (non-hydrogen) atoms. The molecule has 24 heteroatoms. The lowest BCUT2D eigenvalue weighted by Gasteiger charge is -2.30. The first-order valence-electron chi connectivity index (χ1n) is 25.2. The molecule has 0 aromatic heterocycles. The quantitative estimate of drug-likeness (QED) is 0.0313. The molecule has 1 unspecified atom stereocenters. The number of methoxy groups -OCH3 is 1.